The van der Waals surface area contributed by atoms with Gasteiger partial charge in [-0.3, -0.25) is 4.79 Å². The largest absolute Gasteiger partial charge is 2.00 e. The van der Waals surface area contributed by atoms with Crippen molar-refractivity contribution in [2.75, 3.05) is 18.5 Å². The number of azo groups is 2. The first kappa shape index (κ1) is 75.6. The van der Waals surface area contributed by atoms with Gasteiger partial charge in [-0.1, -0.05) is 77.6 Å². The maximum Gasteiger partial charge on any atom is 2.00 e. The van der Waals surface area contributed by atoms with E-state index in [1.165, 1.54) is 36.4 Å². The van der Waals surface area contributed by atoms with Crippen molar-refractivity contribution in [3.05, 3.63) is 127 Å². The van der Waals surface area contributed by atoms with E-state index in [-0.39, 0.29) is 188 Å². The first-order chi connectivity index (χ1) is 32.2. The van der Waals surface area contributed by atoms with Gasteiger partial charge in [0.15, 0.2) is 0 Å². The third-order valence-corrected chi connectivity index (χ3v) is 12.9. The molecular formula is C41H27Cu2N7Na4O18S4-2. The molecule has 0 saturated carbocycles. The smallest absolute Gasteiger partial charge is 0.871 e. The zero-order chi connectivity index (χ0) is 50.8. The summed E-state index contributed by atoms with van der Waals surface area (Å²) in [6.45, 7) is 0.111. The van der Waals surface area contributed by atoms with E-state index in [1.54, 1.807) is 6.07 Å². The molecule has 0 fully saturated rings. The summed E-state index contributed by atoms with van der Waals surface area (Å²) in [5.41, 5.74) is 3.03. The van der Waals surface area contributed by atoms with Crippen LogP contribution in [0, 0.1) is 0 Å². The molecule has 0 aliphatic carbocycles. The van der Waals surface area contributed by atoms with Crippen molar-refractivity contribution >= 4 is 96.4 Å². The Kier molecular flexibility index (Phi) is 30.7. The summed E-state index contributed by atoms with van der Waals surface area (Å²) in [6.07, 6.45) is 0. The van der Waals surface area contributed by atoms with Gasteiger partial charge in [-0.05, 0) is 81.9 Å². The number of nitrogens with two attached hydrogens (primary N) is 1. The fraction of sp³-hybridized carbons (Fsp3) is 0.0488. The second-order valence-electron chi connectivity index (χ2n) is 13.9. The number of amides is 1. The first-order valence-corrected chi connectivity index (χ1v) is 24.4. The second kappa shape index (κ2) is 30.9. The van der Waals surface area contributed by atoms with Crippen LogP contribution < -0.4 is 144 Å². The normalized spacial score (nSPS) is 11.2. The minimum atomic E-state index is -5.63. The molecule has 1 amide bonds. The molecule has 0 heterocycles. The predicted molar refractivity (Wildman–Crippen MR) is 234 cm³/mol. The predicted octanol–water partition coefficient (Wildman–Crippen LogP) is -7.59. The molecular weight excluding hydrogens is 1230 g/mol. The van der Waals surface area contributed by atoms with E-state index in [0.29, 0.717) is 24.3 Å². The Morgan fingerprint density at radius 2 is 0.895 bits per heavy atom. The summed E-state index contributed by atoms with van der Waals surface area (Å²) in [5.74, 6) is -5.36. The quantitative estimate of drug-likeness (QED) is 0.0652. The molecule has 25 nitrogen and oxygen atoms in total. The molecule has 0 saturated heterocycles. The Bertz CT molecular complexity index is 3780. The molecule has 76 heavy (non-hydrogen) atoms. The van der Waals surface area contributed by atoms with Crippen LogP contribution in [0.3, 0.4) is 0 Å². The van der Waals surface area contributed by atoms with Crippen molar-refractivity contribution in [3.8, 4) is 34.1 Å². The Hall–Kier alpha value is -2.51. The third kappa shape index (κ3) is 18.0. The topological polar surface area (TPSA) is 477 Å². The molecule has 7 aromatic carbocycles. The molecule has 2 radical (unpaired) electrons. The van der Waals surface area contributed by atoms with Gasteiger partial charge in [0.2, 0.25) is 0 Å². The van der Waals surface area contributed by atoms with Crippen LogP contribution in [-0.2, 0) is 74.6 Å². The standard InChI is InChI=1S/C39H27N5O17S4.C2H6NO.2Cu.H2N.4Na/c45-29-13-20(9-11-25(29)41-43-27-17-32(63(53,54)55)23-7-4-8-31(62(50,51)52)35(23)37(27)47)21-10-12-26(30(46)14-21)42-44-28-18-33(64(56,57)58)24-15-22(40-39(49)19-5-2-1-3-6-19)16-34(65(59,60)61)36(24)38(28)48;3-1-2-4;;;;;;;/h1-18,45-48H,(H,40,49)(H,50,51,52)(H,53,54,55)(H,56,57,58)(H,59,60,61);3-4H,1-2H2;;;1H2;;;;/q;-1;2*+2;-1;4*+1/p-8. The van der Waals surface area contributed by atoms with Gasteiger partial charge in [0.05, 0.1) is 42.3 Å². The van der Waals surface area contributed by atoms with Gasteiger partial charge in [-0.25, -0.2) is 33.7 Å². The summed E-state index contributed by atoms with van der Waals surface area (Å²) in [4.78, 5) is 7.97. The number of anilines is 1. The van der Waals surface area contributed by atoms with Gasteiger partial charge in [0.25, 0.3) is 5.91 Å². The van der Waals surface area contributed by atoms with Crippen molar-refractivity contribution in [2.45, 2.75) is 19.6 Å². The van der Waals surface area contributed by atoms with E-state index in [1.807, 2.05) is 0 Å². The van der Waals surface area contributed by atoms with E-state index < -0.39 is 139 Å². The minimum absolute atomic E-state index is 0. The summed E-state index contributed by atoms with van der Waals surface area (Å²) in [7, 11) is -22.0. The number of rotatable bonds is 12. The number of aliphatic hydroxyl groups is 1. The van der Waals surface area contributed by atoms with Crippen LogP contribution in [0.15, 0.2) is 149 Å². The molecule has 0 spiro atoms. The van der Waals surface area contributed by atoms with E-state index in [9.17, 15) is 77.1 Å². The molecule has 0 unspecified atom stereocenters. The van der Waals surface area contributed by atoms with Gasteiger partial charge in [-0.15, -0.1) is 6.54 Å². The Morgan fingerprint density at radius 3 is 1.29 bits per heavy atom. The zero-order valence-electron chi connectivity index (χ0n) is 39.3. The molecule has 7 rings (SSSR count). The maximum atomic E-state index is 13.6. The summed E-state index contributed by atoms with van der Waals surface area (Å²) in [6, 6.07) is 18.7. The molecule has 0 aliphatic rings. The number of benzene rings is 7. The van der Waals surface area contributed by atoms with Crippen molar-refractivity contribution in [2.24, 2.45) is 20.5 Å². The Labute approximate surface area is 543 Å². The van der Waals surface area contributed by atoms with Crippen LogP contribution >= 0.6 is 0 Å². The molecule has 0 aliphatic heterocycles. The maximum absolute atomic E-state index is 13.6. The average molecular weight is 1250 g/mol. The fourth-order valence-corrected chi connectivity index (χ4v) is 9.21. The molecule has 35 heteroatoms. The molecule has 0 bridgehead atoms. The van der Waals surface area contributed by atoms with Crippen LogP contribution in [0.1, 0.15) is 10.4 Å². The molecule has 7 aromatic rings. The number of nitrogens with zero attached hydrogens (tertiary/aromatic N) is 4. The van der Waals surface area contributed by atoms with Crippen molar-refractivity contribution in [1.29, 1.82) is 0 Å². The van der Waals surface area contributed by atoms with Gasteiger partial charge in [0.1, 0.15) is 40.5 Å². The number of hydrogen-bond acceptors (Lipinski definition) is 22. The van der Waals surface area contributed by atoms with Crippen molar-refractivity contribution in [1.82, 2.24) is 0 Å². The zero-order valence-corrected chi connectivity index (χ0v) is 52.4. The molecule has 5 N–H and O–H groups in total. The van der Waals surface area contributed by atoms with Gasteiger partial charge in [-0.2, -0.15) is 20.5 Å². The number of hydrogen-bond donors (Lipinski definition) is 2. The van der Waals surface area contributed by atoms with Gasteiger partial charge >= 0.3 is 152 Å². The minimum Gasteiger partial charge on any atom is -0.871 e. The summed E-state index contributed by atoms with van der Waals surface area (Å²) in [5, 5.41) is 73.7. The van der Waals surface area contributed by atoms with E-state index >= 15 is 0 Å². The molecule has 0 atom stereocenters. The van der Waals surface area contributed by atoms with Crippen LogP contribution in [0.4, 0.5) is 28.4 Å². The number of aliphatic hydroxyl groups excluding tert-OH is 1. The molecule has 0 aromatic heterocycles. The van der Waals surface area contributed by atoms with Gasteiger partial charge < -0.3 is 60.9 Å². The Morgan fingerprint density at radius 1 is 0.500 bits per heavy atom. The average Bonchev–Trinajstić information content (AvgIpc) is 3.27. The van der Waals surface area contributed by atoms with E-state index in [2.05, 4.69) is 25.8 Å². The van der Waals surface area contributed by atoms with E-state index in [4.69, 9.17) is 10.8 Å². The number of nitrogens with one attached hydrogen (secondary N) is 2. The number of fused-ring (bicyclic) bond motifs is 2. The third-order valence-electron chi connectivity index (χ3n) is 9.38. The van der Waals surface area contributed by atoms with Crippen LogP contribution in [-0.4, -0.2) is 76.0 Å². The molecule has 386 valence electrons. The Balaban J connectivity index is 0. The van der Waals surface area contributed by atoms with Crippen LogP contribution in [0.5, 0.6) is 23.0 Å². The summed E-state index contributed by atoms with van der Waals surface area (Å²) < 4.78 is 146. The van der Waals surface area contributed by atoms with Crippen LogP contribution in [0.25, 0.3) is 44.6 Å². The SMILES string of the molecule is O=C(Nc1cc(S(=O)(=O)[O-])c2c([O-])c(N=Nc3ccc(-c4ccc(N=Nc5cc(S(=O)(=O)[O-])c6cccc(S(=O)(=O)[O-])c6c5[O-])c([O-])c4)cc3[O-])cc(S(=O)(=O)[O-])c2c1)c1ccccc1.[Cu+2].[Cu+2].[NH-]CCO.[NH2-].[Na+].[Na+].[Na+].[Na+]. The second-order valence-corrected chi connectivity index (χ2v) is 19.3. The van der Waals surface area contributed by atoms with Crippen molar-refractivity contribution in [3.63, 3.8) is 0 Å². The van der Waals surface area contributed by atoms with Gasteiger partial charge in [0, 0.05) is 23.2 Å². The summed E-state index contributed by atoms with van der Waals surface area (Å²) >= 11 is 0. The fourth-order valence-electron chi connectivity index (χ4n) is 6.41. The number of carbonyl (C=O) groups is 1. The monoisotopic (exact) mass is 1250 g/mol. The van der Waals surface area contributed by atoms with Crippen molar-refractivity contribution < 1.29 is 235 Å². The number of carbonyl (C=O) groups excluding carboxylic acids is 1. The van der Waals surface area contributed by atoms with E-state index in [0.717, 1.165) is 42.5 Å². The van der Waals surface area contributed by atoms with Crippen LogP contribution in [0.2, 0.25) is 0 Å². The first-order valence-electron chi connectivity index (χ1n) is 18.7.